The van der Waals surface area contributed by atoms with Crippen molar-refractivity contribution in [3.63, 3.8) is 0 Å². The maximum absolute atomic E-state index is 8.67. The van der Waals surface area contributed by atoms with Crippen LogP contribution in [0.15, 0.2) is 0 Å². The molecule has 0 aliphatic heterocycles. The third kappa shape index (κ3) is 1.20. The Bertz CT molecular complexity index is 66.9. The Kier molecular flexibility index (Phi) is 1.86. The van der Waals surface area contributed by atoms with Crippen molar-refractivity contribution in [2.75, 3.05) is 13.7 Å². The number of rotatable bonds is 3. The van der Waals surface area contributed by atoms with Crippen LogP contribution in [-0.4, -0.2) is 24.8 Å². The molecule has 1 fully saturated rings. The zero-order valence-electron chi connectivity index (χ0n) is 5.22. The molecule has 0 unspecified atom stereocenters. The fourth-order valence-electron chi connectivity index (χ4n) is 0.975. The summed E-state index contributed by atoms with van der Waals surface area (Å²) < 4.78 is 0. The average molecular weight is 115 g/mol. The quantitative estimate of drug-likeness (QED) is 0.541. The molecule has 0 aromatic rings. The second-order valence-corrected chi connectivity index (χ2v) is 2.42. The van der Waals surface area contributed by atoms with E-state index in [4.69, 9.17) is 5.11 Å². The lowest BCUT2D eigenvalue weighted by Crippen LogP contribution is -2.30. The van der Waals surface area contributed by atoms with Gasteiger partial charge in [-0.15, -0.1) is 0 Å². The first-order valence-corrected chi connectivity index (χ1v) is 3.16. The van der Waals surface area contributed by atoms with Gasteiger partial charge in [-0.1, -0.05) is 0 Å². The van der Waals surface area contributed by atoms with E-state index in [1.807, 2.05) is 7.05 Å². The van der Waals surface area contributed by atoms with E-state index < -0.39 is 0 Å². The van der Waals surface area contributed by atoms with Crippen molar-refractivity contribution >= 4 is 0 Å². The summed E-state index contributed by atoms with van der Waals surface area (Å²) in [6.07, 6.45) is 2.60. The molecule has 1 saturated carbocycles. The summed E-state index contributed by atoms with van der Waals surface area (Å²) >= 11 is 0. The molecule has 48 valence electrons. The van der Waals surface area contributed by atoms with Crippen molar-refractivity contribution in [2.45, 2.75) is 18.9 Å². The Morgan fingerprint density at radius 2 is 2.38 bits per heavy atom. The van der Waals surface area contributed by atoms with Crippen molar-refractivity contribution in [3.05, 3.63) is 0 Å². The van der Waals surface area contributed by atoms with Gasteiger partial charge >= 0.3 is 0 Å². The van der Waals surface area contributed by atoms with Gasteiger partial charge in [0.05, 0.1) is 6.61 Å². The monoisotopic (exact) mass is 115 g/mol. The summed E-state index contributed by atoms with van der Waals surface area (Å²) in [6.45, 7) is 0.293. The van der Waals surface area contributed by atoms with E-state index in [2.05, 4.69) is 5.32 Å². The third-order valence-electron chi connectivity index (χ3n) is 1.76. The largest absolute Gasteiger partial charge is 0.395 e. The zero-order chi connectivity index (χ0) is 5.98. The molecule has 1 aliphatic rings. The van der Waals surface area contributed by atoms with Gasteiger partial charge in [0.2, 0.25) is 0 Å². The van der Waals surface area contributed by atoms with E-state index in [0.29, 0.717) is 12.6 Å². The van der Waals surface area contributed by atoms with Crippen LogP contribution >= 0.6 is 0 Å². The average Bonchev–Trinajstić information content (AvgIpc) is 2.53. The van der Waals surface area contributed by atoms with Crippen molar-refractivity contribution in [3.8, 4) is 0 Å². The molecule has 0 amide bonds. The molecule has 0 radical (unpaired) electrons. The highest BCUT2D eigenvalue weighted by molar-refractivity contribution is 4.84. The van der Waals surface area contributed by atoms with Gasteiger partial charge in [-0.05, 0) is 25.8 Å². The van der Waals surface area contributed by atoms with Crippen molar-refractivity contribution < 1.29 is 5.11 Å². The Morgan fingerprint density at radius 1 is 1.75 bits per heavy atom. The van der Waals surface area contributed by atoms with E-state index in [9.17, 15) is 0 Å². The molecule has 0 spiro atoms. The van der Waals surface area contributed by atoms with E-state index in [1.165, 1.54) is 12.8 Å². The molecule has 8 heavy (non-hydrogen) atoms. The lowest BCUT2D eigenvalue weighted by Gasteiger charge is -2.09. The van der Waals surface area contributed by atoms with Gasteiger partial charge in [0.25, 0.3) is 0 Å². The first-order valence-electron chi connectivity index (χ1n) is 3.16. The van der Waals surface area contributed by atoms with Crippen LogP contribution in [0, 0.1) is 5.92 Å². The van der Waals surface area contributed by atoms with E-state index in [1.54, 1.807) is 0 Å². The lowest BCUT2D eigenvalue weighted by molar-refractivity contribution is 0.235. The van der Waals surface area contributed by atoms with Crippen LogP contribution in [0.1, 0.15) is 12.8 Å². The number of aliphatic hydroxyl groups excluding tert-OH is 1. The number of likely N-dealkylation sites (N-methyl/N-ethyl adjacent to an activating group) is 1. The van der Waals surface area contributed by atoms with Crippen LogP contribution < -0.4 is 5.32 Å². The van der Waals surface area contributed by atoms with Crippen LogP contribution in [0.4, 0.5) is 0 Å². The number of hydrogen-bond donors (Lipinski definition) is 2. The molecule has 0 aromatic carbocycles. The minimum atomic E-state index is 0.293. The van der Waals surface area contributed by atoms with Crippen molar-refractivity contribution in [2.24, 2.45) is 5.92 Å². The molecule has 0 aromatic heterocycles. The van der Waals surface area contributed by atoms with Crippen LogP contribution in [0.3, 0.4) is 0 Å². The lowest BCUT2D eigenvalue weighted by atomic mass is 10.2. The fraction of sp³-hybridized carbons (Fsp3) is 1.00. The summed E-state index contributed by atoms with van der Waals surface area (Å²) in [5.74, 6) is 0.769. The van der Waals surface area contributed by atoms with Crippen LogP contribution in [-0.2, 0) is 0 Å². The Morgan fingerprint density at radius 3 is 2.50 bits per heavy atom. The third-order valence-corrected chi connectivity index (χ3v) is 1.76. The topological polar surface area (TPSA) is 32.3 Å². The Hall–Kier alpha value is -0.0800. The summed E-state index contributed by atoms with van der Waals surface area (Å²) in [6, 6.07) is 0.370. The van der Waals surface area contributed by atoms with Gasteiger partial charge in [0.15, 0.2) is 0 Å². The molecule has 2 heteroatoms. The minimum absolute atomic E-state index is 0.293. The second kappa shape index (κ2) is 2.46. The molecule has 1 atom stereocenters. The van der Waals surface area contributed by atoms with E-state index in [0.717, 1.165) is 5.92 Å². The minimum Gasteiger partial charge on any atom is -0.395 e. The maximum Gasteiger partial charge on any atom is 0.0587 e. The summed E-state index contributed by atoms with van der Waals surface area (Å²) in [4.78, 5) is 0. The smallest absolute Gasteiger partial charge is 0.0587 e. The van der Waals surface area contributed by atoms with Crippen LogP contribution in [0.5, 0.6) is 0 Å². The van der Waals surface area contributed by atoms with Gasteiger partial charge in [0.1, 0.15) is 0 Å². The first kappa shape index (κ1) is 6.05. The van der Waals surface area contributed by atoms with Crippen molar-refractivity contribution in [1.29, 1.82) is 0 Å². The summed E-state index contributed by atoms with van der Waals surface area (Å²) in [7, 11) is 1.90. The molecule has 2 nitrogen and oxygen atoms in total. The van der Waals surface area contributed by atoms with Gasteiger partial charge < -0.3 is 10.4 Å². The first-order chi connectivity index (χ1) is 3.88. The van der Waals surface area contributed by atoms with Crippen LogP contribution in [0.25, 0.3) is 0 Å². The van der Waals surface area contributed by atoms with Gasteiger partial charge in [-0.25, -0.2) is 0 Å². The molecule has 0 heterocycles. The second-order valence-electron chi connectivity index (χ2n) is 2.42. The van der Waals surface area contributed by atoms with Gasteiger partial charge in [-0.3, -0.25) is 0 Å². The zero-order valence-corrected chi connectivity index (χ0v) is 5.22. The van der Waals surface area contributed by atoms with Crippen LogP contribution in [0.2, 0.25) is 0 Å². The number of aliphatic hydroxyl groups is 1. The molecule has 1 rings (SSSR count). The SMILES string of the molecule is CN[C@@H](CO)C1CC1. The Balaban J connectivity index is 2.15. The molecule has 2 N–H and O–H groups in total. The standard InChI is InChI=1S/C6H13NO/c1-7-6(4-8)5-2-3-5/h5-8H,2-4H2,1H3/t6-/m0/s1. The van der Waals surface area contributed by atoms with Gasteiger partial charge in [0, 0.05) is 6.04 Å². The highest BCUT2D eigenvalue weighted by Crippen LogP contribution is 2.31. The van der Waals surface area contributed by atoms with E-state index >= 15 is 0 Å². The number of nitrogens with one attached hydrogen (secondary N) is 1. The Labute approximate surface area is 49.9 Å². The predicted molar refractivity (Wildman–Crippen MR) is 32.7 cm³/mol. The highest BCUT2D eigenvalue weighted by Gasteiger charge is 2.28. The highest BCUT2D eigenvalue weighted by atomic mass is 16.3. The maximum atomic E-state index is 8.67. The predicted octanol–water partition coefficient (Wildman–Crippen LogP) is -0.0233. The fourth-order valence-corrected chi connectivity index (χ4v) is 0.975. The van der Waals surface area contributed by atoms with Crippen molar-refractivity contribution in [1.82, 2.24) is 5.32 Å². The summed E-state index contributed by atoms with van der Waals surface area (Å²) in [5.41, 5.74) is 0. The molecular formula is C6H13NO. The normalized spacial score (nSPS) is 23.2. The summed E-state index contributed by atoms with van der Waals surface area (Å²) in [5, 5.41) is 11.7. The number of hydrogen-bond acceptors (Lipinski definition) is 2. The molecule has 0 saturated heterocycles. The van der Waals surface area contributed by atoms with Gasteiger partial charge in [-0.2, -0.15) is 0 Å². The van der Waals surface area contributed by atoms with E-state index in [-0.39, 0.29) is 0 Å². The molecular weight excluding hydrogens is 102 g/mol. The molecule has 0 bridgehead atoms. The molecule has 1 aliphatic carbocycles.